The zero-order valence-electron chi connectivity index (χ0n) is 15.1. The quantitative estimate of drug-likeness (QED) is 0.792. The molecule has 0 atom stereocenters. The summed E-state index contributed by atoms with van der Waals surface area (Å²) in [6, 6.07) is -0.473. The lowest BCUT2D eigenvalue weighted by atomic mass is 9.99. The Bertz CT molecular complexity index is 575. The van der Waals surface area contributed by atoms with Crippen molar-refractivity contribution in [1.82, 2.24) is 20.0 Å². The Morgan fingerprint density at radius 1 is 1.36 bits per heavy atom. The molecule has 1 saturated heterocycles. The molecule has 2 heterocycles. The maximum Gasteiger partial charge on any atom is 0.433 e. The lowest BCUT2D eigenvalue weighted by Gasteiger charge is -2.30. The van der Waals surface area contributed by atoms with Gasteiger partial charge in [-0.2, -0.15) is 18.3 Å². The number of alkyl halides is 3. The molecule has 25 heavy (non-hydrogen) atoms. The number of piperidine rings is 1. The molecular formula is C17H27F3N4O. The molecule has 0 aromatic carbocycles. The van der Waals surface area contributed by atoms with E-state index in [-0.39, 0.29) is 0 Å². The number of halogens is 3. The second-order valence-electron chi connectivity index (χ2n) is 7.08. The van der Waals surface area contributed by atoms with Crippen LogP contribution in [0.1, 0.15) is 62.1 Å². The first-order valence-corrected chi connectivity index (χ1v) is 8.85. The minimum Gasteiger partial charge on any atom is -0.352 e. The SMILES string of the molecule is CC1CCN(CCCNC(=O)c2cnn(C(C)C)c2C(F)(F)F)CC1. The van der Waals surface area contributed by atoms with Crippen molar-refractivity contribution in [3.05, 3.63) is 17.5 Å². The molecule has 0 bridgehead atoms. The van der Waals surface area contributed by atoms with Crippen molar-refractivity contribution in [2.75, 3.05) is 26.2 Å². The predicted octanol–water partition coefficient (Wildman–Crippen LogP) is 3.33. The number of hydrogen-bond acceptors (Lipinski definition) is 3. The van der Waals surface area contributed by atoms with Crippen LogP contribution in [-0.2, 0) is 6.18 Å². The fraction of sp³-hybridized carbons (Fsp3) is 0.765. The Labute approximate surface area is 146 Å². The van der Waals surface area contributed by atoms with Crippen LogP contribution in [0.3, 0.4) is 0 Å². The summed E-state index contributed by atoms with van der Waals surface area (Å²) in [5.41, 5.74) is -1.39. The molecule has 0 saturated carbocycles. The molecule has 1 aromatic rings. The molecule has 2 rings (SSSR count). The van der Waals surface area contributed by atoms with Gasteiger partial charge in [0.05, 0.1) is 11.8 Å². The van der Waals surface area contributed by atoms with Gasteiger partial charge in [0.1, 0.15) is 0 Å². The lowest BCUT2D eigenvalue weighted by molar-refractivity contribution is -0.145. The van der Waals surface area contributed by atoms with Gasteiger partial charge in [-0.3, -0.25) is 9.48 Å². The van der Waals surface area contributed by atoms with E-state index in [1.807, 2.05) is 0 Å². The van der Waals surface area contributed by atoms with Crippen molar-refractivity contribution in [1.29, 1.82) is 0 Å². The van der Waals surface area contributed by atoms with Crippen molar-refractivity contribution >= 4 is 5.91 Å². The standard InChI is InChI=1S/C17H27F3N4O/c1-12(2)24-15(17(18,19)20)14(11-22-24)16(25)21-7-4-8-23-9-5-13(3)6-10-23/h11-13H,4-10H2,1-3H3,(H,21,25). The van der Waals surface area contributed by atoms with E-state index in [1.165, 1.54) is 12.8 Å². The molecule has 0 radical (unpaired) electrons. The summed E-state index contributed by atoms with van der Waals surface area (Å²) >= 11 is 0. The normalized spacial score (nSPS) is 17.2. The fourth-order valence-corrected chi connectivity index (χ4v) is 3.09. The van der Waals surface area contributed by atoms with Crippen LogP contribution in [0.4, 0.5) is 13.2 Å². The van der Waals surface area contributed by atoms with E-state index in [0.717, 1.165) is 42.9 Å². The highest BCUT2D eigenvalue weighted by molar-refractivity contribution is 5.95. The summed E-state index contributed by atoms with van der Waals surface area (Å²) < 4.78 is 40.7. The third-order valence-corrected chi connectivity index (χ3v) is 4.61. The number of rotatable bonds is 6. The summed E-state index contributed by atoms with van der Waals surface area (Å²) in [6.07, 6.45) is -0.534. The van der Waals surface area contributed by atoms with Crippen LogP contribution in [0, 0.1) is 5.92 Å². The van der Waals surface area contributed by atoms with Crippen molar-refractivity contribution in [2.24, 2.45) is 5.92 Å². The smallest absolute Gasteiger partial charge is 0.352 e. The largest absolute Gasteiger partial charge is 0.433 e. The van der Waals surface area contributed by atoms with Gasteiger partial charge in [0.15, 0.2) is 5.69 Å². The van der Waals surface area contributed by atoms with Gasteiger partial charge in [-0.15, -0.1) is 0 Å². The number of nitrogens with zero attached hydrogens (tertiary/aromatic N) is 3. The molecule has 1 N–H and O–H groups in total. The molecule has 8 heteroatoms. The molecule has 0 aliphatic carbocycles. The van der Waals surface area contributed by atoms with E-state index in [4.69, 9.17) is 0 Å². The van der Waals surface area contributed by atoms with Crippen LogP contribution in [0.2, 0.25) is 0 Å². The Morgan fingerprint density at radius 3 is 2.56 bits per heavy atom. The van der Waals surface area contributed by atoms with Gasteiger partial charge in [0.25, 0.3) is 5.91 Å². The maximum absolute atomic E-state index is 13.3. The van der Waals surface area contributed by atoms with E-state index < -0.39 is 29.4 Å². The van der Waals surface area contributed by atoms with Crippen LogP contribution >= 0.6 is 0 Å². The van der Waals surface area contributed by atoms with Crippen LogP contribution in [0.5, 0.6) is 0 Å². The number of amides is 1. The number of carbonyl (C=O) groups excluding carboxylic acids is 1. The molecule has 1 fully saturated rings. The monoisotopic (exact) mass is 360 g/mol. The van der Waals surface area contributed by atoms with Crippen molar-refractivity contribution in [3.8, 4) is 0 Å². The lowest BCUT2D eigenvalue weighted by Crippen LogP contribution is -2.35. The molecule has 5 nitrogen and oxygen atoms in total. The second-order valence-corrected chi connectivity index (χ2v) is 7.08. The average molecular weight is 360 g/mol. The van der Waals surface area contributed by atoms with Crippen molar-refractivity contribution in [3.63, 3.8) is 0 Å². The minimum absolute atomic E-state index is 0.356. The zero-order chi connectivity index (χ0) is 18.6. The molecule has 1 amide bonds. The van der Waals surface area contributed by atoms with Gasteiger partial charge in [-0.25, -0.2) is 0 Å². The molecule has 142 valence electrons. The maximum atomic E-state index is 13.3. The summed E-state index contributed by atoms with van der Waals surface area (Å²) in [4.78, 5) is 14.5. The number of nitrogens with one attached hydrogen (secondary N) is 1. The van der Waals surface area contributed by atoms with E-state index in [0.29, 0.717) is 6.54 Å². The Hall–Kier alpha value is -1.57. The van der Waals surface area contributed by atoms with Crippen LogP contribution in [-0.4, -0.2) is 46.8 Å². The highest BCUT2D eigenvalue weighted by Crippen LogP contribution is 2.33. The summed E-state index contributed by atoms with van der Waals surface area (Å²) in [6.45, 7) is 8.75. The molecular weight excluding hydrogens is 333 g/mol. The van der Waals surface area contributed by atoms with E-state index in [9.17, 15) is 18.0 Å². The first-order valence-electron chi connectivity index (χ1n) is 8.85. The molecule has 1 aliphatic rings. The molecule has 1 aromatic heterocycles. The average Bonchev–Trinajstić information content (AvgIpc) is 2.98. The third kappa shape index (κ3) is 5.20. The summed E-state index contributed by atoms with van der Waals surface area (Å²) in [7, 11) is 0. The van der Waals surface area contributed by atoms with Gasteiger partial charge in [-0.1, -0.05) is 6.92 Å². The number of likely N-dealkylation sites (tertiary alicyclic amines) is 1. The van der Waals surface area contributed by atoms with E-state index >= 15 is 0 Å². The van der Waals surface area contributed by atoms with Gasteiger partial charge < -0.3 is 10.2 Å². The van der Waals surface area contributed by atoms with Crippen LogP contribution in [0.15, 0.2) is 6.20 Å². The predicted molar refractivity (Wildman–Crippen MR) is 89.4 cm³/mol. The Kier molecular flexibility index (Phi) is 6.48. The fourth-order valence-electron chi connectivity index (χ4n) is 3.09. The topological polar surface area (TPSA) is 50.2 Å². The second kappa shape index (κ2) is 8.21. The first-order chi connectivity index (χ1) is 11.7. The molecule has 0 unspecified atom stereocenters. The molecule has 1 aliphatic heterocycles. The van der Waals surface area contributed by atoms with Gasteiger partial charge in [0.2, 0.25) is 0 Å². The van der Waals surface area contributed by atoms with E-state index in [2.05, 4.69) is 22.2 Å². The minimum atomic E-state index is -4.61. The van der Waals surface area contributed by atoms with Crippen molar-refractivity contribution < 1.29 is 18.0 Å². The number of aromatic nitrogens is 2. The van der Waals surface area contributed by atoms with Gasteiger partial charge >= 0.3 is 6.18 Å². The zero-order valence-corrected chi connectivity index (χ0v) is 15.1. The van der Waals surface area contributed by atoms with E-state index in [1.54, 1.807) is 13.8 Å². The van der Waals surface area contributed by atoms with Crippen LogP contribution in [0.25, 0.3) is 0 Å². The van der Waals surface area contributed by atoms with Gasteiger partial charge in [0, 0.05) is 12.6 Å². The Morgan fingerprint density at radius 2 is 2.00 bits per heavy atom. The summed E-state index contributed by atoms with van der Waals surface area (Å²) in [5, 5.41) is 6.33. The Balaban J connectivity index is 1.89. The van der Waals surface area contributed by atoms with Gasteiger partial charge in [-0.05, 0) is 58.7 Å². The van der Waals surface area contributed by atoms with Crippen LogP contribution < -0.4 is 5.32 Å². The highest BCUT2D eigenvalue weighted by Gasteiger charge is 2.40. The highest BCUT2D eigenvalue weighted by atomic mass is 19.4. The first kappa shape index (κ1) is 19.8. The summed E-state index contributed by atoms with van der Waals surface area (Å²) in [5.74, 6) is 0.0423. The number of hydrogen-bond donors (Lipinski definition) is 1. The molecule has 0 spiro atoms. The number of carbonyl (C=O) groups is 1. The third-order valence-electron chi connectivity index (χ3n) is 4.61. The van der Waals surface area contributed by atoms with Crippen molar-refractivity contribution in [2.45, 2.75) is 52.3 Å².